The Hall–Kier alpha value is -1.10. The van der Waals surface area contributed by atoms with Crippen LogP contribution in [0.2, 0.25) is 0 Å². The molecule has 0 bridgehead atoms. The molecule has 1 aromatic carbocycles. The van der Waals surface area contributed by atoms with Crippen molar-refractivity contribution in [2.24, 2.45) is 0 Å². The largest absolute Gasteiger partial charge is 0.491 e. The third kappa shape index (κ3) is 3.95. The summed E-state index contributed by atoms with van der Waals surface area (Å²) in [5.41, 5.74) is 1.16. The zero-order valence-corrected chi connectivity index (χ0v) is 12.4. The molecule has 0 saturated carbocycles. The second-order valence-electron chi connectivity index (χ2n) is 5.05. The van der Waals surface area contributed by atoms with Gasteiger partial charge in [-0.05, 0) is 32.4 Å². The SMILES string of the molecule is CNC(c1ccccc1OCCOC)C1CCCCO1. The Balaban J connectivity index is 2.11. The van der Waals surface area contributed by atoms with E-state index in [1.807, 2.05) is 25.2 Å². The van der Waals surface area contributed by atoms with Gasteiger partial charge in [0.05, 0.1) is 18.8 Å². The highest BCUT2D eigenvalue weighted by molar-refractivity contribution is 5.36. The van der Waals surface area contributed by atoms with Crippen molar-refractivity contribution in [2.45, 2.75) is 31.4 Å². The van der Waals surface area contributed by atoms with Gasteiger partial charge in [-0.2, -0.15) is 0 Å². The van der Waals surface area contributed by atoms with Gasteiger partial charge in [-0.25, -0.2) is 0 Å². The van der Waals surface area contributed by atoms with Gasteiger partial charge in [-0.1, -0.05) is 18.2 Å². The minimum atomic E-state index is 0.175. The average Bonchev–Trinajstić information content (AvgIpc) is 2.51. The molecule has 1 aliphatic rings. The highest BCUT2D eigenvalue weighted by Crippen LogP contribution is 2.31. The van der Waals surface area contributed by atoms with E-state index in [-0.39, 0.29) is 12.1 Å². The summed E-state index contributed by atoms with van der Waals surface area (Å²) in [5, 5.41) is 3.38. The van der Waals surface area contributed by atoms with Gasteiger partial charge in [0.2, 0.25) is 0 Å². The van der Waals surface area contributed by atoms with Crippen molar-refractivity contribution in [1.29, 1.82) is 0 Å². The lowest BCUT2D eigenvalue weighted by Gasteiger charge is -2.31. The molecule has 112 valence electrons. The molecule has 4 heteroatoms. The number of methoxy groups -OCH3 is 1. The number of hydrogen-bond donors (Lipinski definition) is 1. The molecule has 1 N–H and O–H groups in total. The topological polar surface area (TPSA) is 39.7 Å². The van der Waals surface area contributed by atoms with Gasteiger partial charge < -0.3 is 19.5 Å². The van der Waals surface area contributed by atoms with Crippen LogP contribution in [0.3, 0.4) is 0 Å². The van der Waals surface area contributed by atoms with Crippen LogP contribution in [0, 0.1) is 0 Å². The quantitative estimate of drug-likeness (QED) is 0.779. The van der Waals surface area contributed by atoms with E-state index in [1.54, 1.807) is 7.11 Å². The van der Waals surface area contributed by atoms with Crippen LogP contribution in [0.15, 0.2) is 24.3 Å². The first-order chi connectivity index (χ1) is 9.86. The summed E-state index contributed by atoms with van der Waals surface area (Å²) in [6, 6.07) is 8.35. The van der Waals surface area contributed by atoms with E-state index in [4.69, 9.17) is 14.2 Å². The zero-order valence-electron chi connectivity index (χ0n) is 12.4. The normalized spacial score (nSPS) is 20.6. The number of nitrogens with one attached hydrogen (secondary N) is 1. The van der Waals surface area contributed by atoms with Crippen molar-refractivity contribution < 1.29 is 14.2 Å². The van der Waals surface area contributed by atoms with Crippen LogP contribution < -0.4 is 10.1 Å². The van der Waals surface area contributed by atoms with E-state index in [0.29, 0.717) is 13.2 Å². The van der Waals surface area contributed by atoms with Crippen LogP contribution in [0.1, 0.15) is 30.9 Å². The number of hydrogen-bond acceptors (Lipinski definition) is 4. The number of ether oxygens (including phenoxy) is 3. The molecule has 1 saturated heterocycles. The number of likely N-dealkylation sites (N-methyl/N-ethyl adjacent to an activating group) is 1. The van der Waals surface area contributed by atoms with Crippen LogP contribution in [-0.2, 0) is 9.47 Å². The van der Waals surface area contributed by atoms with E-state index < -0.39 is 0 Å². The minimum absolute atomic E-state index is 0.175. The van der Waals surface area contributed by atoms with Gasteiger partial charge >= 0.3 is 0 Å². The van der Waals surface area contributed by atoms with Gasteiger partial charge in [0.1, 0.15) is 12.4 Å². The van der Waals surface area contributed by atoms with E-state index in [0.717, 1.165) is 24.3 Å². The molecular weight excluding hydrogens is 254 g/mol. The highest BCUT2D eigenvalue weighted by atomic mass is 16.5. The van der Waals surface area contributed by atoms with E-state index in [9.17, 15) is 0 Å². The van der Waals surface area contributed by atoms with Crippen LogP contribution >= 0.6 is 0 Å². The monoisotopic (exact) mass is 279 g/mol. The molecule has 0 radical (unpaired) electrons. The standard InChI is InChI=1S/C16H25NO3/c1-17-16(15-9-5-6-10-19-15)13-7-3-4-8-14(13)20-12-11-18-2/h3-4,7-8,15-17H,5-6,9-12H2,1-2H3. The Morgan fingerprint density at radius 2 is 2.15 bits per heavy atom. The molecule has 2 atom stereocenters. The molecule has 20 heavy (non-hydrogen) atoms. The molecule has 4 nitrogen and oxygen atoms in total. The predicted octanol–water partition coefficient (Wildman–Crippen LogP) is 2.54. The summed E-state index contributed by atoms with van der Waals surface area (Å²) < 4.78 is 16.8. The van der Waals surface area contributed by atoms with E-state index in [1.165, 1.54) is 12.8 Å². The third-order valence-electron chi connectivity index (χ3n) is 3.70. The molecule has 0 amide bonds. The average molecular weight is 279 g/mol. The maximum Gasteiger partial charge on any atom is 0.124 e. The van der Waals surface area contributed by atoms with Crippen LogP contribution in [0.4, 0.5) is 0 Å². The highest BCUT2D eigenvalue weighted by Gasteiger charge is 2.26. The summed E-state index contributed by atoms with van der Waals surface area (Å²) in [6.07, 6.45) is 3.72. The van der Waals surface area contributed by atoms with Gasteiger partial charge in [-0.15, -0.1) is 0 Å². The van der Waals surface area contributed by atoms with E-state index in [2.05, 4.69) is 11.4 Å². The second kappa shape index (κ2) is 8.25. The van der Waals surface area contributed by atoms with Gasteiger partial charge in [0, 0.05) is 19.3 Å². The van der Waals surface area contributed by atoms with Crippen molar-refractivity contribution in [3.63, 3.8) is 0 Å². The first-order valence-corrected chi connectivity index (χ1v) is 7.36. The van der Waals surface area contributed by atoms with Gasteiger partial charge in [0.15, 0.2) is 0 Å². The minimum Gasteiger partial charge on any atom is -0.491 e. The van der Waals surface area contributed by atoms with Crippen molar-refractivity contribution in [1.82, 2.24) is 5.32 Å². The molecular formula is C16H25NO3. The molecule has 0 aromatic heterocycles. The molecule has 0 spiro atoms. The van der Waals surface area contributed by atoms with E-state index >= 15 is 0 Å². The fourth-order valence-electron chi connectivity index (χ4n) is 2.67. The fourth-order valence-corrected chi connectivity index (χ4v) is 2.67. The summed E-state index contributed by atoms with van der Waals surface area (Å²) in [7, 11) is 3.66. The number of benzene rings is 1. The first-order valence-electron chi connectivity index (χ1n) is 7.36. The molecule has 2 unspecified atom stereocenters. The van der Waals surface area contributed by atoms with Crippen LogP contribution in [-0.4, -0.2) is 40.1 Å². The molecule has 1 fully saturated rings. The van der Waals surface area contributed by atoms with Gasteiger partial charge in [-0.3, -0.25) is 0 Å². The molecule has 1 heterocycles. The van der Waals surface area contributed by atoms with Gasteiger partial charge in [0.25, 0.3) is 0 Å². The first kappa shape index (κ1) is 15.3. The molecule has 2 rings (SSSR count). The van der Waals surface area contributed by atoms with Crippen molar-refractivity contribution >= 4 is 0 Å². The molecule has 1 aliphatic heterocycles. The Morgan fingerprint density at radius 1 is 1.30 bits per heavy atom. The Labute approximate surface area is 121 Å². The summed E-state index contributed by atoms with van der Waals surface area (Å²) in [5.74, 6) is 0.915. The van der Waals surface area contributed by atoms with Crippen molar-refractivity contribution in [3.8, 4) is 5.75 Å². The Bertz CT molecular complexity index is 391. The van der Waals surface area contributed by atoms with Crippen LogP contribution in [0.5, 0.6) is 5.75 Å². The zero-order chi connectivity index (χ0) is 14.2. The third-order valence-corrected chi connectivity index (χ3v) is 3.70. The summed E-state index contributed by atoms with van der Waals surface area (Å²) >= 11 is 0. The Morgan fingerprint density at radius 3 is 2.85 bits per heavy atom. The predicted molar refractivity (Wildman–Crippen MR) is 79.2 cm³/mol. The lowest BCUT2D eigenvalue weighted by molar-refractivity contribution is -0.00724. The molecule has 1 aromatic rings. The van der Waals surface area contributed by atoms with Crippen molar-refractivity contribution in [3.05, 3.63) is 29.8 Å². The molecule has 0 aliphatic carbocycles. The van der Waals surface area contributed by atoms with Crippen molar-refractivity contribution in [2.75, 3.05) is 34.0 Å². The lowest BCUT2D eigenvalue weighted by Crippen LogP contribution is -2.34. The second-order valence-corrected chi connectivity index (χ2v) is 5.05. The smallest absolute Gasteiger partial charge is 0.124 e. The fraction of sp³-hybridized carbons (Fsp3) is 0.625. The summed E-state index contributed by atoms with van der Waals surface area (Å²) in [6.45, 7) is 2.02. The summed E-state index contributed by atoms with van der Waals surface area (Å²) in [4.78, 5) is 0. The number of para-hydroxylation sites is 1. The maximum absolute atomic E-state index is 5.92. The Kier molecular flexibility index (Phi) is 6.30. The number of rotatable bonds is 7. The maximum atomic E-state index is 5.92. The lowest BCUT2D eigenvalue weighted by atomic mass is 9.95. The van der Waals surface area contributed by atoms with Crippen LogP contribution in [0.25, 0.3) is 0 Å².